The quantitative estimate of drug-likeness (QED) is 0.832. The number of hydrogen-bond acceptors (Lipinski definition) is 3. The van der Waals surface area contributed by atoms with Crippen molar-refractivity contribution in [2.24, 2.45) is 4.99 Å². The summed E-state index contributed by atoms with van der Waals surface area (Å²) < 4.78 is 0. The molecule has 1 N–H and O–H groups in total. The van der Waals surface area contributed by atoms with Crippen molar-refractivity contribution in [1.82, 2.24) is 10.2 Å². The van der Waals surface area contributed by atoms with Gasteiger partial charge in [0.05, 0.1) is 5.70 Å². The van der Waals surface area contributed by atoms with Crippen molar-refractivity contribution in [3.8, 4) is 0 Å². The fourth-order valence-corrected chi connectivity index (χ4v) is 3.75. The van der Waals surface area contributed by atoms with E-state index < -0.39 is 0 Å². The number of benzene rings is 2. The van der Waals surface area contributed by atoms with Crippen LogP contribution >= 0.6 is 0 Å². The molecule has 0 atom stereocenters. The molecule has 4 heteroatoms. The van der Waals surface area contributed by atoms with Crippen molar-refractivity contribution in [1.29, 1.82) is 0 Å². The predicted octanol–water partition coefficient (Wildman–Crippen LogP) is 4.10. The van der Waals surface area contributed by atoms with E-state index in [-0.39, 0.29) is 5.91 Å². The Morgan fingerprint density at radius 3 is 2.46 bits per heavy atom. The number of amidine groups is 1. The van der Waals surface area contributed by atoms with Crippen LogP contribution in [0, 0.1) is 0 Å². The topological polar surface area (TPSA) is 44.7 Å². The normalized spacial score (nSPS) is 18.0. The summed E-state index contributed by atoms with van der Waals surface area (Å²) in [7, 11) is 0. The Morgan fingerprint density at radius 1 is 0.929 bits per heavy atom. The molecule has 0 radical (unpaired) electrons. The van der Waals surface area contributed by atoms with Gasteiger partial charge in [-0.25, -0.2) is 4.99 Å². The maximum Gasteiger partial charge on any atom is 0.248 e. The zero-order valence-corrected chi connectivity index (χ0v) is 15.3. The van der Waals surface area contributed by atoms with E-state index in [1.54, 1.807) is 6.08 Å². The minimum atomic E-state index is -0.0734. The van der Waals surface area contributed by atoms with Crippen molar-refractivity contribution in [2.45, 2.75) is 6.42 Å². The highest BCUT2D eigenvalue weighted by atomic mass is 16.1. The first kappa shape index (κ1) is 16.5. The SMILES string of the molecule is O=C1C=CC2=CN=C(c3ccc(/C=C/c4ccccc4)cc3)N3CCC(=C23)N1. The van der Waals surface area contributed by atoms with Crippen LogP contribution in [0.1, 0.15) is 23.1 Å². The van der Waals surface area contributed by atoms with E-state index in [1.165, 1.54) is 5.56 Å². The van der Waals surface area contributed by atoms with Crippen molar-refractivity contribution >= 4 is 23.9 Å². The van der Waals surface area contributed by atoms with Gasteiger partial charge in [0.2, 0.25) is 5.91 Å². The van der Waals surface area contributed by atoms with Crippen molar-refractivity contribution in [3.05, 3.63) is 107 Å². The Balaban J connectivity index is 1.42. The smallest absolute Gasteiger partial charge is 0.248 e. The lowest BCUT2D eigenvalue weighted by molar-refractivity contribution is -0.115. The molecule has 0 aliphatic carbocycles. The van der Waals surface area contributed by atoms with Gasteiger partial charge in [-0.15, -0.1) is 0 Å². The zero-order chi connectivity index (χ0) is 18.9. The molecule has 28 heavy (non-hydrogen) atoms. The third kappa shape index (κ3) is 2.99. The first-order valence-electron chi connectivity index (χ1n) is 9.40. The standard InChI is InChI=1S/C24H19N3O/c28-22-13-12-20-16-25-24(27-15-14-21(26-22)23(20)27)19-10-8-18(9-11-19)7-6-17-4-2-1-3-5-17/h1-13,16H,14-15H2,(H,26,28)/b7-6+. The fraction of sp³-hybridized carbons (Fsp3) is 0.0833. The maximum absolute atomic E-state index is 11.8. The van der Waals surface area contributed by atoms with Crippen molar-refractivity contribution in [2.75, 3.05) is 6.54 Å². The number of carbonyl (C=O) groups excluding carboxylic acids is 1. The largest absolute Gasteiger partial charge is 0.324 e. The molecule has 0 bridgehead atoms. The van der Waals surface area contributed by atoms with E-state index in [1.807, 2.05) is 30.5 Å². The maximum atomic E-state index is 11.8. The summed E-state index contributed by atoms with van der Waals surface area (Å²) in [4.78, 5) is 18.7. The molecule has 0 spiro atoms. The number of aliphatic imine (C=N–C) groups is 1. The molecule has 3 heterocycles. The zero-order valence-electron chi connectivity index (χ0n) is 15.3. The van der Waals surface area contributed by atoms with Gasteiger partial charge in [0.15, 0.2) is 0 Å². The number of rotatable bonds is 3. The highest BCUT2D eigenvalue weighted by molar-refractivity contribution is 6.03. The van der Waals surface area contributed by atoms with Crippen LogP contribution in [0.25, 0.3) is 12.2 Å². The molecule has 136 valence electrons. The van der Waals surface area contributed by atoms with Crippen LogP contribution < -0.4 is 5.32 Å². The molecule has 0 saturated heterocycles. The molecule has 0 fully saturated rings. The van der Waals surface area contributed by atoms with Gasteiger partial charge < -0.3 is 10.2 Å². The molecular weight excluding hydrogens is 346 g/mol. The van der Waals surface area contributed by atoms with Crippen LogP contribution in [0.4, 0.5) is 0 Å². The Kier molecular flexibility index (Phi) is 4.02. The van der Waals surface area contributed by atoms with E-state index >= 15 is 0 Å². The Hall–Kier alpha value is -3.66. The van der Waals surface area contributed by atoms with Gasteiger partial charge in [-0.2, -0.15) is 0 Å². The number of amides is 1. The lowest BCUT2D eigenvalue weighted by Gasteiger charge is -2.27. The van der Waals surface area contributed by atoms with Crippen LogP contribution in [-0.2, 0) is 4.79 Å². The van der Waals surface area contributed by atoms with Crippen molar-refractivity contribution < 1.29 is 4.79 Å². The molecule has 5 rings (SSSR count). The predicted molar refractivity (Wildman–Crippen MR) is 112 cm³/mol. The van der Waals surface area contributed by atoms with Gasteiger partial charge in [0.25, 0.3) is 0 Å². The van der Waals surface area contributed by atoms with Gasteiger partial charge in [-0.05, 0) is 17.2 Å². The summed E-state index contributed by atoms with van der Waals surface area (Å²) in [5.41, 5.74) is 6.43. The number of allylic oxidation sites excluding steroid dienone is 1. The summed E-state index contributed by atoms with van der Waals surface area (Å²) in [6.07, 6.45) is 10.3. The number of hydrogen-bond donors (Lipinski definition) is 1. The summed E-state index contributed by atoms with van der Waals surface area (Å²) in [6, 6.07) is 18.7. The molecule has 2 aromatic rings. The molecule has 3 aliphatic rings. The average molecular weight is 365 g/mol. The average Bonchev–Trinajstić information content (AvgIpc) is 3.08. The lowest BCUT2D eigenvalue weighted by atomic mass is 10.1. The minimum absolute atomic E-state index is 0.0734. The second-order valence-electron chi connectivity index (χ2n) is 6.95. The summed E-state index contributed by atoms with van der Waals surface area (Å²) in [6.45, 7) is 0.824. The second kappa shape index (κ2) is 6.82. The second-order valence-corrected chi connectivity index (χ2v) is 6.95. The van der Waals surface area contributed by atoms with Crippen LogP contribution in [0.3, 0.4) is 0 Å². The lowest BCUT2D eigenvalue weighted by Crippen LogP contribution is -2.31. The van der Waals surface area contributed by atoms with Crippen molar-refractivity contribution in [3.63, 3.8) is 0 Å². The van der Waals surface area contributed by atoms with Gasteiger partial charge in [-0.3, -0.25) is 4.79 Å². The fourth-order valence-electron chi connectivity index (χ4n) is 3.75. The van der Waals surface area contributed by atoms with E-state index in [9.17, 15) is 4.79 Å². The molecule has 4 nitrogen and oxygen atoms in total. The first-order chi connectivity index (χ1) is 13.8. The highest BCUT2D eigenvalue weighted by Gasteiger charge is 2.32. The Morgan fingerprint density at radius 2 is 1.68 bits per heavy atom. The van der Waals surface area contributed by atoms with Crippen LogP contribution in [0.2, 0.25) is 0 Å². The monoisotopic (exact) mass is 365 g/mol. The highest BCUT2D eigenvalue weighted by Crippen LogP contribution is 2.34. The summed E-state index contributed by atoms with van der Waals surface area (Å²) in [5, 5.41) is 2.99. The molecular formula is C24H19N3O. The third-order valence-electron chi connectivity index (χ3n) is 5.12. The Labute approximate surface area is 163 Å². The minimum Gasteiger partial charge on any atom is -0.324 e. The van der Waals surface area contributed by atoms with Crippen LogP contribution in [-0.4, -0.2) is 23.2 Å². The first-order valence-corrected chi connectivity index (χ1v) is 9.40. The van der Waals surface area contributed by atoms with E-state index in [0.717, 1.165) is 46.9 Å². The van der Waals surface area contributed by atoms with E-state index in [2.05, 4.69) is 58.8 Å². The number of carbonyl (C=O) groups is 1. The van der Waals surface area contributed by atoms with Gasteiger partial charge in [-0.1, -0.05) is 66.7 Å². The molecule has 1 amide bonds. The molecule has 0 saturated carbocycles. The summed E-state index contributed by atoms with van der Waals surface area (Å²) >= 11 is 0. The molecule has 3 aliphatic heterocycles. The third-order valence-corrected chi connectivity index (χ3v) is 5.12. The summed E-state index contributed by atoms with van der Waals surface area (Å²) in [5.74, 6) is 0.854. The van der Waals surface area contributed by atoms with E-state index in [0.29, 0.717) is 0 Å². The van der Waals surface area contributed by atoms with Crippen LogP contribution in [0.5, 0.6) is 0 Å². The van der Waals surface area contributed by atoms with Gasteiger partial charge in [0, 0.05) is 42.1 Å². The molecule has 0 aromatic heterocycles. The molecule has 0 unspecified atom stereocenters. The molecule has 2 aromatic carbocycles. The Bertz CT molecular complexity index is 1090. The van der Waals surface area contributed by atoms with Crippen LogP contribution in [0.15, 0.2) is 94.9 Å². The van der Waals surface area contributed by atoms with E-state index in [4.69, 9.17) is 4.99 Å². The van der Waals surface area contributed by atoms with Gasteiger partial charge >= 0.3 is 0 Å². The number of nitrogens with zero attached hydrogens (tertiary/aromatic N) is 2. The number of nitrogens with one attached hydrogen (secondary N) is 1. The van der Waals surface area contributed by atoms with Gasteiger partial charge in [0.1, 0.15) is 5.84 Å².